The fourth-order valence-corrected chi connectivity index (χ4v) is 2.42. The summed E-state index contributed by atoms with van der Waals surface area (Å²) in [7, 11) is 0. The van der Waals surface area contributed by atoms with Crippen molar-refractivity contribution in [2.75, 3.05) is 5.73 Å². The van der Waals surface area contributed by atoms with E-state index < -0.39 is 0 Å². The minimum atomic E-state index is 0.475. The Morgan fingerprint density at radius 1 is 1.24 bits per heavy atom. The number of nitrogens with zero attached hydrogens (tertiary/aromatic N) is 4. The van der Waals surface area contributed by atoms with Crippen LogP contribution in [0.1, 0.15) is 0 Å². The van der Waals surface area contributed by atoms with E-state index in [2.05, 4.69) is 42.6 Å². The van der Waals surface area contributed by atoms with Gasteiger partial charge in [-0.1, -0.05) is 0 Å². The molecule has 7 heteroatoms. The van der Waals surface area contributed by atoms with E-state index in [-0.39, 0.29) is 0 Å². The van der Waals surface area contributed by atoms with E-state index in [0.717, 1.165) is 20.4 Å². The predicted molar refractivity (Wildman–Crippen MR) is 70.3 cm³/mol. The average molecular weight is 339 g/mol. The molecule has 0 atom stereocenters. The number of hydrogen-bond acceptors (Lipinski definition) is 4. The van der Waals surface area contributed by atoms with Gasteiger partial charge in [0.2, 0.25) is 6.33 Å². The molecule has 3 N–H and O–H groups in total. The van der Waals surface area contributed by atoms with Crippen molar-refractivity contribution < 1.29 is 4.68 Å². The maximum atomic E-state index is 5.85. The summed E-state index contributed by atoms with van der Waals surface area (Å²) in [5, 5.41) is 4.04. The summed E-state index contributed by atoms with van der Waals surface area (Å²) < 4.78 is 2.77. The molecular weight excluding hydrogens is 331 g/mol. The summed E-state index contributed by atoms with van der Waals surface area (Å²) in [4.78, 5) is 12.2. The van der Waals surface area contributed by atoms with Crippen LogP contribution in [0.25, 0.3) is 16.7 Å². The van der Waals surface area contributed by atoms with Crippen molar-refractivity contribution in [1.29, 1.82) is 0 Å². The van der Waals surface area contributed by atoms with Gasteiger partial charge in [-0.3, -0.25) is 4.98 Å². The SMILES string of the molecule is Nc1ncnc2c1c(I)[nH][n+]2-c1ccncc1. The van der Waals surface area contributed by atoms with Crippen LogP contribution in [-0.2, 0) is 0 Å². The highest BCUT2D eigenvalue weighted by Crippen LogP contribution is 2.19. The third-order valence-electron chi connectivity index (χ3n) is 2.42. The Bertz CT molecular complexity index is 678. The van der Waals surface area contributed by atoms with Gasteiger partial charge in [0.1, 0.15) is 14.9 Å². The lowest BCUT2D eigenvalue weighted by Gasteiger charge is -1.93. The Labute approximate surface area is 110 Å². The first kappa shape index (κ1) is 10.4. The number of hydrogen-bond donors (Lipinski definition) is 2. The smallest absolute Gasteiger partial charge is 0.362 e. The van der Waals surface area contributed by atoms with Crippen LogP contribution in [0.5, 0.6) is 0 Å². The van der Waals surface area contributed by atoms with Gasteiger partial charge in [-0.2, -0.15) is 4.98 Å². The van der Waals surface area contributed by atoms with Crippen LogP contribution in [0.4, 0.5) is 5.82 Å². The van der Waals surface area contributed by atoms with Crippen LogP contribution in [0.3, 0.4) is 0 Å². The van der Waals surface area contributed by atoms with Crippen molar-refractivity contribution in [2.45, 2.75) is 0 Å². The summed E-state index contributed by atoms with van der Waals surface area (Å²) in [6.45, 7) is 0. The molecule has 84 valence electrons. The Morgan fingerprint density at radius 2 is 2.00 bits per heavy atom. The van der Waals surface area contributed by atoms with E-state index in [9.17, 15) is 0 Å². The molecule has 0 bridgehead atoms. The van der Waals surface area contributed by atoms with E-state index in [1.807, 2.05) is 16.8 Å². The van der Waals surface area contributed by atoms with Gasteiger partial charge in [-0.05, 0) is 27.6 Å². The minimum absolute atomic E-state index is 0.475. The number of H-pyrrole nitrogens is 1. The molecule has 17 heavy (non-hydrogen) atoms. The van der Waals surface area contributed by atoms with Crippen LogP contribution < -0.4 is 10.4 Å². The summed E-state index contributed by atoms with van der Waals surface area (Å²) in [6.07, 6.45) is 4.91. The third-order valence-corrected chi connectivity index (χ3v) is 3.20. The Balaban J connectivity index is 2.36. The normalized spacial score (nSPS) is 10.9. The monoisotopic (exact) mass is 339 g/mol. The van der Waals surface area contributed by atoms with E-state index in [1.54, 1.807) is 12.4 Å². The van der Waals surface area contributed by atoms with Crippen molar-refractivity contribution in [1.82, 2.24) is 20.1 Å². The zero-order chi connectivity index (χ0) is 11.8. The van der Waals surface area contributed by atoms with Crippen LogP contribution in [0.15, 0.2) is 30.9 Å². The maximum Gasteiger partial charge on any atom is 0.362 e. The van der Waals surface area contributed by atoms with Gasteiger partial charge in [-0.25, -0.2) is 5.10 Å². The number of aromatic amines is 1. The Kier molecular flexibility index (Phi) is 2.39. The molecule has 3 rings (SSSR count). The third kappa shape index (κ3) is 1.62. The molecule has 0 aromatic carbocycles. The van der Waals surface area contributed by atoms with Crippen LogP contribution in [0.2, 0.25) is 0 Å². The van der Waals surface area contributed by atoms with Gasteiger partial charge in [-0.15, -0.1) is 4.68 Å². The summed E-state index contributed by atoms with van der Waals surface area (Å²) in [6, 6.07) is 3.79. The molecule has 3 aromatic heterocycles. The van der Waals surface area contributed by atoms with E-state index in [0.29, 0.717) is 5.82 Å². The van der Waals surface area contributed by atoms with Gasteiger partial charge in [0.25, 0.3) is 0 Å². The topological polar surface area (TPSA) is 84.4 Å². The zero-order valence-corrected chi connectivity index (χ0v) is 10.8. The maximum absolute atomic E-state index is 5.85. The number of fused-ring (bicyclic) bond motifs is 1. The minimum Gasteiger partial charge on any atom is -0.383 e. The lowest BCUT2D eigenvalue weighted by molar-refractivity contribution is -0.632. The first-order valence-electron chi connectivity index (χ1n) is 4.87. The molecule has 6 nitrogen and oxygen atoms in total. The molecule has 3 aromatic rings. The van der Waals surface area contributed by atoms with Crippen molar-refractivity contribution >= 4 is 39.4 Å². The van der Waals surface area contributed by atoms with E-state index >= 15 is 0 Å². The quantitative estimate of drug-likeness (QED) is 0.508. The molecule has 0 radical (unpaired) electrons. The molecule has 0 saturated carbocycles. The van der Waals surface area contributed by atoms with Gasteiger partial charge in [0.15, 0.2) is 5.69 Å². The van der Waals surface area contributed by atoms with E-state index in [1.165, 1.54) is 6.33 Å². The highest BCUT2D eigenvalue weighted by molar-refractivity contribution is 14.1. The first-order valence-corrected chi connectivity index (χ1v) is 5.95. The van der Waals surface area contributed by atoms with Crippen LogP contribution >= 0.6 is 22.6 Å². The standard InChI is InChI=1S/C10H7IN6/c11-8-7-9(12)14-5-15-10(7)17(16-8)6-1-3-13-4-2-6/h1-5H,(H2,12,14,15,16)/p+1. The molecule has 0 fully saturated rings. The summed E-state index contributed by atoms with van der Waals surface area (Å²) >= 11 is 2.18. The number of nitrogen functional groups attached to an aromatic ring is 1. The largest absolute Gasteiger partial charge is 0.383 e. The van der Waals surface area contributed by atoms with E-state index in [4.69, 9.17) is 5.73 Å². The van der Waals surface area contributed by atoms with Crippen LogP contribution in [0, 0.1) is 3.70 Å². The molecule has 0 spiro atoms. The zero-order valence-electron chi connectivity index (χ0n) is 8.63. The molecule has 0 aliphatic heterocycles. The Morgan fingerprint density at radius 3 is 2.76 bits per heavy atom. The fourth-order valence-electron chi connectivity index (χ4n) is 1.66. The summed E-state index contributed by atoms with van der Waals surface area (Å²) in [5.41, 5.74) is 7.55. The van der Waals surface area contributed by atoms with Crippen molar-refractivity contribution in [2.24, 2.45) is 0 Å². The van der Waals surface area contributed by atoms with Crippen molar-refractivity contribution in [3.8, 4) is 5.69 Å². The van der Waals surface area contributed by atoms with Gasteiger partial charge >= 0.3 is 5.65 Å². The second kappa shape index (κ2) is 3.91. The van der Waals surface area contributed by atoms with Gasteiger partial charge < -0.3 is 5.73 Å². The number of nitrogens with two attached hydrogens (primary N) is 1. The molecular formula is C10H8IN6+. The molecule has 0 unspecified atom stereocenters. The number of nitrogens with one attached hydrogen (secondary N) is 1. The molecule has 3 heterocycles. The Hall–Kier alpha value is -1.77. The highest BCUT2D eigenvalue weighted by atomic mass is 127. The number of pyridine rings is 1. The lowest BCUT2D eigenvalue weighted by atomic mass is 10.4. The lowest BCUT2D eigenvalue weighted by Crippen LogP contribution is -2.33. The highest BCUT2D eigenvalue weighted by Gasteiger charge is 2.21. The molecule has 0 amide bonds. The second-order valence-corrected chi connectivity index (χ2v) is 4.50. The fraction of sp³-hybridized carbons (Fsp3) is 0. The molecule has 0 aliphatic rings. The number of aromatic nitrogens is 5. The number of halogens is 1. The average Bonchev–Trinajstić information content (AvgIpc) is 2.69. The van der Waals surface area contributed by atoms with Gasteiger partial charge in [0.05, 0.1) is 0 Å². The molecule has 0 aliphatic carbocycles. The number of anilines is 1. The predicted octanol–water partition coefficient (Wildman–Crippen LogP) is 0.816. The first-order chi connectivity index (χ1) is 8.27. The number of rotatable bonds is 1. The van der Waals surface area contributed by atoms with Crippen LogP contribution in [-0.4, -0.2) is 20.1 Å². The van der Waals surface area contributed by atoms with Crippen molar-refractivity contribution in [3.63, 3.8) is 0 Å². The van der Waals surface area contributed by atoms with Crippen molar-refractivity contribution in [3.05, 3.63) is 34.6 Å². The second-order valence-electron chi connectivity index (χ2n) is 3.42. The van der Waals surface area contributed by atoms with Gasteiger partial charge in [0, 0.05) is 24.5 Å². The molecule has 0 saturated heterocycles. The summed E-state index contributed by atoms with van der Waals surface area (Å²) in [5.74, 6) is 0.475.